The van der Waals surface area contributed by atoms with Gasteiger partial charge in [-0.25, -0.2) is 24.9 Å². The number of amides is 3. The summed E-state index contributed by atoms with van der Waals surface area (Å²) < 4.78 is 27.2. The number of ether oxygens (including phenoxy) is 3. The molecule has 0 radical (unpaired) electrons. The number of carbonyl (C=O) groups excluding carboxylic acids is 6. The number of aromatic amines is 3. The molecule has 0 unspecified atom stereocenters. The molecule has 3 N–H and O–H groups in total. The predicted octanol–water partition coefficient (Wildman–Crippen LogP) is 10.3. The second kappa shape index (κ2) is 30.6. The second-order valence-corrected chi connectivity index (χ2v) is 24.6. The molecule has 3 aliphatic heterocycles. The number of fused-ring (bicyclic) bond motifs is 2. The van der Waals surface area contributed by atoms with Crippen LogP contribution in [-0.4, -0.2) is 131 Å². The Labute approximate surface area is 533 Å². The van der Waals surface area contributed by atoms with Crippen molar-refractivity contribution in [3.8, 4) is 36.0 Å². The molecule has 468 valence electrons. The lowest BCUT2D eigenvalue weighted by Gasteiger charge is -2.29. The van der Waals surface area contributed by atoms with Gasteiger partial charge in [-0.3, -0.25) is 28.8 Å². The van der Waals surface area contributed by atoms with Gasteiger partial charge >= 0.3 is 17.9 Å². The van der Waals surface area contributed by atoms with E-state index in [0.29, 0.717) is 76.4 Å². The van der Waals surface area contributed by atoms with Crippen LogP contribution in [0.5, 0.6) is 0 Å². The molecule has 3 saturated heterocycles. The molecule has 5 aromatic heterocycles. The first kappa shape index (κ1) is 66.4. The smallest absolute Gasteiger partial charge is 0.306 e. The number of benzene rings is 2. The number of aromatic nitrogens is 8. The zero-order valence-corrected chi connectivity index (χ0v) is 54.5. The molecule has 2 aromatic carbocycles. The summed E-state index contributed by atoms with van der Waals surface area (Å²) in [5, 5.41) is 0. The van der Waals surface area contributed by atoms with E-state index < -0.39 is 23.8 Å². The summed E-state index contributed by atoms with van der Waals surface area (Å²) in [6, 6.07) is 6.93. The summed E-state index contributed by atoms with van der Waals surface area (Å²) in [5.74, 6) is 14.5. The summed E-state index contributed by atoms with van der Waals surface area (Å²) in [6.07, 6.45) is 18.2. The third-order valence-corrected chi connectivity index (χ3v) is 17.5. The number of imidazole rings is 3. The fraction of sp³-hybridized carbons (Fsp3) is 0.462. The van der Waals surface area contributed by atoms with Crippen molar-refractivity contribution in [2.75, 3.05) is 41.0 Å². The van der Waals surface area contributed by atoms with E-state index in [1.807, 2.05) is 80.5 Å². The normalized spacial score (nSPS) is 17.2. The molecule has 3 aliphatic rings. The highest BCUT2D eigenvalue weighted by Gasteiger charge is 2.40. The van der Waals surface area contributed by atoms with Crippen molar-refractivity contribution in [2.45, 2.75) is 117 Å². The SMILES string of the molecule is Brc1ccc(Br)c2ocnc12.C#Cc1cnc([C@@H]2CCCN2C(=O)[C@@H](CC(=O)OC)C(C)C)[nH]1.COC(=O)C[C@H](C(=O)N1CCC[C@H]1c1ncc(C#Cc2ccc(C#Cc3cnc([C@@H]4CCCN4C(=O)[C@@H](CC(=O)OC)C(C)C)[nH]3)c3ocnc23)[nH]1)C(C)C. The van der Waals surface area contributed by atoms with Crippen molar-refractivity contribution >= 4 is 89.7 Å². The van der Waals surface area contributed by atoms with Crippen LogP contribution in [0.25, 0.3) is 22.2 Å². The number of hydrogen-bond donors (Lipinski definition) is 3. The first-order valence-electron chi connectivity index (χ1n) is 29.6. The molecule has 0 spiro atoms. The van der Waals surface area contributed by atoms with Crippen LogP contribution in [0.4, 0.5) is 0 Å². The molecular weight excluding hydrogens is 1270 g/mol. The van der Waals surface area contributed by atoms with Crippen molar-refractivity contribution < 1.29 is 51.8 Å². The van der Waals surface area contributed by atoms with E-state index in [2.05, 4.69) is 101 Å². The molecule has 24 heteroatoms. The highest BCUT2D eigenvalue weighted by molar-refractivity contribution is 9.11. The molecule has 0 aliphatic carbocycles. The van der Waals surface area contributed by atoms with Gasteiger partial charge < -0.3 is 52.7 Å². The number of halogens is 2. The van der Waals surface area contributed by atoms with Gasteiger partial charge in [0.05, 0.1) is 111 Å². The average Bonchev–Trinajstić information content (AvgIpc) is 3.42. The Morgan fingerprint density at radius 3 is 1.29 bits per heavy atom. The fourth-order valence-electron chi connectivity index (χ4n) is 11.2. The number of methoxy groups -OCH3 is 3. The van der Waals surface area contributed by atoms with Gasteiger partial charge in [-0.1, -0.05) is 59.3 Å². The van der Waals surface area contributed by atoms with Crippen LogP contribution in [0, 0.1) is 71.5 Å². The molecule has 0 bridgehead atoms. The number of esters is 3. The Hall–Kier alpha value is -8.53. The van der Waals surface area contributed by atoms with Crippen molar-refractivity contribution in [1.82, 2.24) is 54.6 Å². The summed E-state index contributed by atoms with van der Waals surface area (Å²) >= 11 is 6.72. The first-order valence-corrected chi connectivity index (χ1v) is 31.1. The molecule has 6 atom stereocenters. The molecule has 8 heterocycles. The van der Waals surface area contributed by atoms with E-state index in [4.69, 9.17) is 29.5 Å². The minimum atomic E-state index is -0.472. The van der Waals surface area contributed by atoms with Crippen LogP contribution < -0.4 is 0 Å². The fourth-order valence-corrected chi connectivity index (χ4v) is 12.0. The Balaban J connectivity index is 0.000000243. The van der Waals surface area contributed by atoms with Gasteiger partial charge in [0.1, 0.15) is 45.6 Å². The first-order chi connectivity index (χ1) is 42.7. The third-order valence-electron chi connectivity index (χ3n) is 16.2. The predicted molar refractivity (Wildman–Crippen MR) is 335 cm³/mol. The minimum absolute atomic E-state index is 0.0217. The highest BCUT2D eigenvalue weighted by atomic mass is 79.9. The molecule has 7 aromatic rings. The minimum Gasteiger partial charge on any atom is -0.469 e. The lowest BCUT2D eigenvalue weighted by atomic mass is 9.91. The lowest BCUT2D eigenvalue weighted by molar-refractivity contribution is -0.148. The second-order valence-electron chi connectivity index (χ2n) is 22.9. The lowest BCUT2D eigenvalue weighted by Crippen LogP contribution is -2.39. The number of terminal acetylenes is 1. The Morgan fingerprint density at radius 2 is 0.899 bits per heavy atom. The maximum absolute atomic E-state index is 13.6. The number of nitrogens with zero attached hydrogens (tertiary/aromatic N) is 8. The van der Waals surface area contributed by atoms with Crippen molar-refractivity contribution in [3.05, 3.63) is 110 Å². The largest absolute Gasteiger partial charge is 0.469 e. The Morgan fingerprint density at radius 1 is 0.528 bits per heavy atom. The number of rotatable bonds is 15. The van der Waals surface area contributed by atoms with Crippen LogP contribution in [0.1, 0.15) is 163 Å². The van der Waals surface area contributed by atoms with E-state index in [1.165, 1.54) is 34.1 Å². The van der Waals surface area contributed by atoms with Crippen LogP contribution in [0.15, 0.2) is 73.4 Å². The van der Waals surface area contributed by atoms with E-state index >= 15 is 0 Å². The van der Waals surface area contributed by atoms with Gasteiger partial charge in [0.15, 0.2) is 24.0 Å². The summed E-state index contributed by atoms with van der Waals surface area (Å²) in [4.78, 5) is 113. The van der Waals surface area contributed by atoms with Crippen LogP contribution in [-0.2, 0) is 43.0 Å². The van der Waals surface area contributed by atoms with Crippen molar-refractivity contribution in [2.24, 2.45) is 35.5 Å². The molecule has 0 saturated carbocycles. The quantitative estimate of drug-likeness (QED) is 0.0489. The van der Waals surface area contributed by atoms with Gasteiger partial charge in [-0.15, -0.1) is 6.42 Å². The maximum Gasteiger partial charge on any atom is 0.306 e. The topological polar surface area (TPSA) is 278 Å². The Kier molecular flexibility index (Phi) is 22.8. The standard InChI is InChI=1S/C41H47N7O7.C17H23N3O3.C7H3Br2NO/c1-24(2)30(19-34(49)53-5)40(51)47-17-7-9-32(47)38-42-21-28(45-38)15-13-26-11-12-27(37-36(26)44-23-55-37)14-16-29-22-43-39(46-29)33-10-8-18-48(33)41(52)31(25(3)4)20-35(50)54-6;1-5-12-10-18-16(19-12)14-7-6-8-20(14)17(22)13(11(2)3)9-15(21)23-4;8-4-1-2-5(9)7-6(4)10-3-11-7/h11-12,21-25,30-33H,7-10,17-20H2,1-6H3,(H,42,45)(H,43,46);1,10-11,13-14H,6-9H2,2-4H3,(H,18,19);1-3H/t30-,31-,32-,33-;13-,14-;/m00./s1. The maximum atomic E-state index is 13.6. The monoisotopic (exact) mass is 1340 g/mol. The van der Waals surface area contributed by atoms with Crippen molar-refractivity contribution in [3.63, 3.8) is 0 Å². The number of hydrogen-bond acceptors (Lipinski definition) is 16. The average molecular weight is 1340 g/mol. The van der Waals surface area contributed by atoms with Gasteiger partial charge in [0.25, 0.3) is 0 Å². The van der Waals surface area contributed by atoms with E-state index in [9.17, 15) is 28.8 Å². The summed E-state index contributed by atoms with van der Waals surface area (Å²) in [5.41, 5.74) is 5.73. The molecule has 22 nitrogen and oxygen atoms in total. The number of H-pyrrole nitrogens is 3. The van der Waals surface area contributed by atoms with Gasteiger partial charge in [0.2, 0.25) is 17.7 Å². The van der Waals surface area contributed by atoms with Gasteiger partial charge in [-0.05, 0) is 124 Å². The number of oxazole rings is 2. The zero-order valence-electron chi connectivity index (χ0n) is 51.3. The summed E-state index contributed by atoms with van der Waals surface area (Å²) in [7, 11) is 4.01. The third kappa shape index (κ3) is 16.0. The molecule has 3 fully saturated rings. The highest BCUT2D eigenvalue weighted by Crippen LogP contribution is 2.37. The number of likely N-dealkylation sites (tertiary alicyclic amines) is 3. The van der Waals surface area contributed by atoms with Crippen LogP contribution >= 0.6 is 31.9 Å². The molecule has 3 amide bonds. The molecular formula is C65H73Br2N11O11. The van der Waals surface area contributed by atoms with Gasteiger partial charge in [0, 0.05) is 24.1 Å². The number of carbonyl (C=O) groups is 6. The molecule has 10 rings (SSSR count). The zero-order chi connectivity index (χ0) is 64.1. The summed E-state index contributed by atoms with van der Waals surface area (Å²) in [6.45, 7) is 13.5. The van der Waals surface area contributed by atoms with Gasteiger partial charge in [-0.2, -0.15) is 0 Å². The van der Waals surface area contributed by atoms with Crippen LogP contribution in [0.3, 0.4) is 0 Å². The van der Waals surface area contributed by atoms with E-state index in [0.717, 1.165) is 58.6 Å². The number of nitrogens with one attached hydrogen (secondary N) is 3. The van der Waals surface area contributed by atoms with E-state index in [-0.39, 0.29) is 84.8 Å². The van der Waals surface area contributed by atoms with Crippen LogP contribution in [0.2, 0.25) is 0 Å². The Bertz CT molecular complexity index is 3660. The van der Waals surface area contributed by atoms with Crippen molar-refractivity contribution in [1.29, 1.82) is 0 Å². The van der Waals surface area contributed by atoms with E-state index in [1.54, 1.807) is 18.6 Å². The molecule has 89 heavy (non-hydrogen) atoms.